The lowest BCUT2D eigenvalue weighted by Crippen LogP contribution is -2.46. The molecule has 0 radical (unpaired) electrons. The summed E-state index contributed by atoms with van der Waals surface area (Å²) in [6.45, 7) is 1.82. The molecular formula is C24H27N5O3. The molecule has 0 saturated carbocycles. The number of para-hydroxylation sites is 1. The van der Waals surface area contributed by atoms with Gasteiger partial charge in [-0.1, -0.05) is 24.3 Å². The highest BCUT2D eigenvalue weighted by Crippen LogP contribution is 2.24. The summed E-state index contributed by atoms with van der Waals surface area (Å²) in [6, 6.07) is 17.0. The Hall–Kier alpha value is -3.65. The predicted molar refractivity (Wildman–Crippen MR) is 122 cm³/mol. The summed E-state index contributed by atoms with van der Waals surface area (Å²) < 4.78 is 7.44. The van der Waals surface area contributed by atoms with Gasteiger partial charge < -0.3 is 15.4 Å². The smallest absolute Gasteiger partial charge is 0.254 e. The molecule has 0 unspecified atom stereocenters. The minimum atomic E-state index is -0.105. The van der Waals surface area contributed by atoms with Crippen molar-refractivity contribution in [3.8, 4) is 11.5 Å². The molecule has 1 aromatic heterocycles. The van der Waals surface area contributed by atoms with Crippen molar-refractivity contribution < 1.29 is 14.3 Å². The van der Waals surface area contributed by atoms with Crippen LogP contribution in [-0.4, -0.2) is 52.2 Å². The Morgan fingerprint density at radius 1 is 1.06 bits per heavy atom. The van der Waals surface area contributed by atoms with Gasteiger partial charge >= 0.3 is 0 Å². The zero-order valence-electron chi connectivity index (χ0n) is 18.0. The highest BCUT2D eigenvalue weighted by molar-refractivity contribution is 5.94. The van der Waals surface area contributed by atoms with Gasteiger partial charge in [-0.2, -0.15) is 5.10 Å². The van der Waals surface area contributed by atoms with Crippen LogP contribution in [0.4, 0.5) is 5.69 Å². The third-order valence-corrected chi connectivity index (χ3v) is 5.35. The quantitative estimate of drug-likeness (QED) is 0.598. The predicted octanol–water partition coefficient (Wildman–Crippen LogP) is 3.05. The van der Waals surface area contributed by atoms with E-state index in [2.05, 4.69) is 20.6 Å². The number of hydrogen-bond acceptors (Lipinski definition) is 5. The van der Waals surface area contributed by atoms with E-state index in [1.165, 1.54) is 0 Å². The van der Waals surface area contributed by atoms with E-state index in [1.54, 1.807) is 24.1 Å². The number of hydrogen-bond donors (Lipinski definition) is 2. The van der Waals surface area contributed by atoms with Crippen molar-refractivity contribution in [2.24, 2.45) is 7.05 Å². The molecule has 0 aliphatic carbocycles. The average Bonchev–Trinajstić information content (AvgIpc) is 3.22. The summed E-state index contributed by atoms with van der Waals surface area (Å²) in [5.41, 5.74) is 1.26. The molecule has 0 atom stereocenters. The summed E-state index contributed by atoms with van der Waals surface area (Å²) >= 11 is 0. The average molecular weight is 434 g/mol. The van der Waals surface area contributed by atoms with E-state index in [-0.39, 0.29) is 17.9 Å². The fourth-order valence-corrected chi connectivity index (χ4v) is 3.71. The molecular weight excluding hydrogens is 406 g/mol. The van der Waals surface area contributed by atoms with Crippen molar-refractivity contribution in [2.75, 3.05) is 25.0 Å². The third-order valence-electron chi connectivity index (χ3n) is 5.35. The summed E-state index contributed by atoms with van der Waals surface area (Å²) in [6.07, 6.45) is 4.88. The molecule has 8 heteroatoms. The number of benzene rings is 2. The van der Waals surface area contributed by atoms with Crippen molar-refractivity contribution in [1.82, 2.24) is 20.0 Å². The van der Waals surface area contributed by atoms with Crippen LogP contribution in [0, 0.1) is 0 Å². The number of carbonyl (C=O) groups is 2. The van der Waals surface area contributed by atoms with Gasteiger partial charge in [-0.05, 0) is 37.1 Å². The fourth-order valence-electron chi connectivity index (χ4n) is 3.71. The number of nitrogens with zero attached hydrogens (tertiary/aromatic N) is 3. The summed E-state index contributed by atoms with van der Waals surface area (Å²) in [5.74, 6) is 1.24. The monoisotopic (exact) mass is 433 g/mol. The van der Waals surface area contributed by atoms with Crippen LogP contribution in [0.2, 0.25) is 0 Å². The molecule has 2 aromatic carbocycles. The third kappa shape index (κ3) is 5.95. The number of aromatic nitrogens is 2. The number of anilines is 1. The van der Waals surface area contributed by atoms with Crippen molar-refractivity contribution >= 4 is 17.5 Å². The summed E-state index contributed by atoms with van der Waals surface area (Å²) in [7, 11) is 1.78. The second-order valence-electron chi connectivity index (χ2n) is 7.92. The lowest BCUT2D eigenvalue weighted by atomic mass is 10.0. The van der Waals surface area contributed by atoms with E-state index >= 15 is 0 Å². The maximum atomic E-state index is 12.5. The zero-order chi connectivity index (χ0) is 22.3. The van der Waals surface area contributed by atoms with E-state index in [0.29, 0.717) is 23.5 Å². The molecule has 4 rings (SSSR count). The van der Waals surface area contributed by atoms with Crippen molar-refractivity contribution in [2.45, 2.75) is 18.9 Å². The number of carbonyl (C=O) groups excluding carboxylic acids is 2. The Morgan fingerprint density at radius 3 is 2.53 bits per heavy atom. The van der Waals surface area contributed by atoms with Crippen LogP contribution in [-0.2, 0) is 11.8 Å². The van der Waals surface area contributed by atoms with Gasteiger partial charge in [0.15, 0.2) is 0 Å². The number of amides is 2. The zero-order valence-corrected chi connectivity index (χ0v) is 18.0. The molecule has 1 saturated heterocycles. The second-order valence-corrected chi connectivity index (χ2v) is 7.92. The minimum absolute atomic E-state index is 0.0697. The number of nitrogens with one attached hydrogen (secondary N) is 2. The number of likely N-dealkylation sites (tertiary alicyclic amines) is 1. The first kappa shape index (κ1) is 21.6. The van der Waals surface area contributed by atoms with Gasteiger partial charge in [0, 0.05) is 44.1 Å². The summed E-state index contributed by atoms with van der Waals surface area (Å²) in [5, 5.41) is 10.0. The maximum Gasteiger partial charge on any atom is 0.254 e. The lowest BCUT2D eigenvalue weighted by molar-refractivity contribution is -0.117. The molecule has 1 fully saturated rings. The SMILES string of the molecule is Cn1cc(C(=O)NC2CCN(CC(=O)Nc3cccc(Oc4ccccc4)c3)CC2)cn1. The summed E-state index contributed by atoms with van der Waals surface area (Å²) in [4.78, 5) is 26.9. The van der Waals surface area contributed by atoms with E-state index in [9.17, 15) is 9.59 Å². The van der Waals surface area contributed by atoms with E-state index in [4.69, 9.17) is 4.74 Å². The minimum Gasteiger partial charge on any atom is -0.457 e. The maximum absolute atomic E-state index is 12.5. The van der Waals surface area contributed by atoms with Crippen LogP contribution in [0.15, 0.2) is 67.0 Å². The Balaban J connectivity index is 1.22. The topological polar surface area (TPSA) is 88.5 Å². The van der Waals surface area contributed by atoms with Crippen LogP contribution in [0.5, 0.6) is 11.5 Å². The van der Waals surface area contributed by atoms with Gasteiger partial charge in [0.05, 0.1) is 18.3 Å². The van der Waals surface area contributed by atoms with Crippen LogP contribution in [0.3, 0.4) is 0 Å². The molecule has 2 amide bonds. The standard InChI is InChI=1S/C24H27N5O3/c1-28-16-18(15-25-28)24(31)27-19-10-12-29(13-11-19)17-23(30)26-20-6-5-9-22(14-20)32-21-7-3-2-4-8-21/h2-9,14-16,19H,10-13,17H2,1H3,(H,26,30)(H,27,31). The normalized spacial score (nSPS) is 14.7. The molecule has 166 valence electrons. The molecule has 1 aliphatic rings. The van der Waals surface area contributed by atoms with Crippen LogP contribution in [0.25, 0.3) is 0 Å². The Labute approximate surface area is 187 Å². The van der Waals surface area contributed by atoms with Gasteiger partial charge in [0.25, 0.3) is 5.91 Å². The number of piperidine rings is 1. The second kappa shape index (κ2) is 10.1. The van der Waals surface area contributed by atoms with Gasteiger partial charge in [-0.3, -0.25) is 19.2 Å². The van der Waals surface area contributed by atoms with Crippen molar-refractivity contribution in [3.63, 3.8) is 0 Å². The van der Waals surface area contributed by atoms with Gasteiger partial charge in [-0.15, -0.1) is 0 Å². The van der Waals surface area contributed by atoms with E-state index < -0.39 is 0 Å². The molecule has 1 aliphatic heterocycles. The van der Waals surface area contributed by atoms with Crippen LogP contribution >= 0.6 is 0 Å². The van der Waals surface area contributed by atoms with Gasteiger partial charge in [-0.25, -0.2) is 0 Å². The Kier molecular flexibility index (Phi) is 6.81. The largest absolute Gasteiger partial charge is 0.457 e. The molecule has 0 bridgehead atoms. The lowest BCUT2D eigenvalue weighted by Gasteiger charge is -2.31. The van der Waals surface area contributed by atoms with Crippen molar-refractivity contribution in [1.29, 1.82) is 0 Å². The number of aryl methyl sites for hydroxylation is 1. The van der Waals surface area contributed by atoms with Crippen LogP contribution < -0.4 is 15.4 Å². The number of rotatable bonds is 7. The van der Waals surface area contributed by atoms with Gasteiger partial charge in [0.2, 0.25) is 5.91 Å². The highest BCUT2D eigenvalue weighted by Gasteiger charge is 2.23. The molecule has 8 nitrogen and oxygen atoms in total. The first-order valence-corrected chi connectivity index (χ1v) is 10.7. The molecule has 32 heavy (non-hydrogen) atoms. The molecule has 0 spiro atoms. The van der Waals surface area contributed by atoms with Crippen molar-refractivity contribution in [3.05, 3.63) is 72.6 Å². The van der Waals surface area contributed by atoms with E-state index in [1.807, 2.05) is 54.6 Å². The molecule has 2 N–H and O–H groups in total. The fraction of sp³-hybridized carbons (Fsp3) is 0.292. The molecule has 2 heterocycles. The highest BCUT2D eigenvalue weighted by atomic mass is 16.5. The first-order valence-electron chi connectivity index (χ1n) is 10.7. The van der Waals surface area contributed by atoms with Gasteiger partial charge in [0.1, 0.15) is 11.5 Å². The number of ether oxygens (including phenoxy) is 1. The Morgan fingerprint density at radius 2 is 1.81 bits per heavy atom. The van der Waals surface area contributed by atoms with E-state index in [0.717, 1.165) is 31.7 Å². The first-order chi connectivity index (χ1) is 15.5. The Bertz CT molecular complexity index is 1060. The molecule has 3 aromatic rings. The van der Waals surface area contributed by atoms with Crippen LogP contribution in [0.1, 0.15) is 23.2 Å².